The van der Waals surface area contributed by atoms with Gasteiger partial charge < -0.3 is 20.7 Å². The van der Waals surface area contributed by atoms with Crippen molar-refractivity contribution in [3.05, 3.63) is 35.9 Å². The highest BCUT2D eigenvalue weighted by molar-refractivity contribution is 5.94. The standard InChI is InChI=1S/C19H29N3O4/c1-4-26-19(25)22-16(12-14(2)3)13-21-17(23)10-11-20-18(24)15-8-6-5-7-9-15/h5-9,14,16H,4,10-13H2,1-3H3,(H,20,24)(H,21,23)(H,22,25)/t16-/m0/s1. The van der Waals surface area contributed by atoms with Crippen molar-refractivity contribution in [3.63, 3.8) is 0 Å². The average molecular weight is 363 g/mol. The van der Waals surface area contributed by atoms with E-state index in [0.29, 0.717) is 24.6 Å². The van der Waals surface area contributed by atoms with E-state index in [0.717, 1.165) is 6.42 Å². The Morgan fingerprint density at radius 3 is 2.38 bits per heavy atom. The molecule has 0 aliphatic carbocycles. The number of carbonyl (C=O) groups excluding carboxylic acids is 3. The summed E-state index contributed by atoms with van der Waals surface area (Å²) in [6, 6.07) is 8.64. The van der Waals surface area contributed by atoms with Gasteiger partial charge in [0, 0.05) is 31.1 Å². The van der Waals surface area contributed by atoms with Gasteiger partial charge >= 0.3 is 6.09 Å². The van der Waals surface area contributed by atoms with Crippen molar-refractivity contribution in [1.29, 1.82) is 0 Å². The van der Waals surface area contributed by atoms with E-state index in [4.69, 9.17) is 4.74 Å². The Labute approximate surface area is 154 Å². The highest BCUT2D eigenvalue weighted by Gasteiger charge is 2.16. The Bertz CT molecular complexity index is 575. The molecule has 1 aromatic rings. The van der Waals surface area contributed by atoms with Crippen molar-refractivity contribution in [3.8, 4) is 0 Å². The summed E-state index contributed by atoms with van der Waals surface area (Å²) >= 11 is 0. The van der Waals surface area contributed by atoms with Gasteiger partial charge in [0.2, 0.25) is 5.91 Å². The van der Waals surface area contributed by atoms with E-state index < -0.39 is 6.09 Å². The average Bonchev–Trinajstić information content (AvgIpc) is 2.60. The zero-order valence-corrected chi connectivity index (χ0v) is 15.7. The lowest BCUT2D eigenvalue weighted by molar-refractivity contribution is -0.121. The zero-order valence-electron chi connectivity index (χ0n) is 15.7. The van der Waals surface area contributed by atoms with Gasteiger partial charge in [-0.1, -0.05) is 32.0 Å². The van der Waals surface area contributed by atoms with Crippen LogP contribution in [0.15, 0.2) is 30.3 Å². The molecule has 7 nitrogen and oxygen atoms in total. The maximum atomic E-state index is 12.0. The maximum Gasteiger partial charge on any atom is 0.407 e. The Morgan fingerprint density at radius 1 is 1.08 bits per heavy atom. The van der Waals surface area contributed by atoms with Crippen LogP contribution in [0.1, 0.15) is 44.0 Å². The first-order chi connectivity index (χ1) is 12.4. The Balaban J connectivity index is 2.33. The molecule has 26 heavy (non-hydrogen) atoms. The van der Waals surface area contributed by atoms with Crippen LogP contribution >= 0.6 is 0 Å². The molecule has 0 bridgehead atoms. The SMILES string of the molecule is CCOC(=O)N[C@H](CNC(=O)CCNC(=O)c1ccccc1)CC(C)C. The molecule has 3 N–H and O–H groups in total. The van der Waals surface area contributed by atoms with Crippen LogP contribution in [-0.4, -0.2) is 43.6 Å². The molecular formula is C19H29N3O4. The number of amides is 3. The summed E-state index contributed by atoms with van der Waals surface area (Å²) in [5.41, 5.74) is 0.559. The van der Waals surface area contributed by atoms with Gasteiger partial charge in [0.05, 0.1) is 6.61 Å². The number of alkyl carbamates (subject to hydrolysis) is 1. The van der Waals surface area contributed by atoms with Crippen LogP contribution in [0, 0.1) is 5.92 Å². The molecule has 0 aliphatic heterocycles. The molecule has 0 fully saturated rings. The smallest absolute Gasteiger partial charge is 0.407 e. The minimum absolute atomic E-state index is 0.173. The fourth-order valence-electron chi connectivity index (χ4n) is 2.41. The van der Waals surface area contributed by atoms with Crippen LogP contribution < -0.4 is 16.0 Å². The first kappa shape index (κ1) is 21.5. The first-order valence-corrected chi connectivity index (χ1v) is 8.95. The number of hydrogen-bond acceptors (Lipinski definition) is 4. The van der Waals surface area contributed by atoms with E-state index in [1.165, 1.54) is 0 Å². The summed E-state index contributed by atoms with van der Waals surface area (Å²) in [7, 11) is 0. The summed E-state index contributed by atoms with van der Waals surface area (Å²) in [6.07, 6.45) is 0.415. The van der Waals surface area contributed by atoms with E-state index in [-0.39, 0.29) is 30.8 Å². The van der Waals surface area contributed by atoms with Crippen LogP contribution in [0.5, 0.6) is 0 Å². The lowest BCUT2D eigenvalue weighted by Crippen LogP contribution is -2.45. The third kappa shape index (κ3) is 9.05. The topological polar surface area (TPSA) is 96.5 Å². The summed E-state index contributed by atoms with van der Waals surface area (Å²) in [5, 5.41) is 8.25. The van der Waals surface area contributed by atoms with Crippen LogP contribution in [0.2, 0.25) is 0 Å². The largest absolute Gasteiger partial charge is 0.450 e. The molecule has 0 heterocycles. The predicted octanol–water partition coefficient (Wildman–Crippen LogP) is 2.08. The highest BCUT2D eigenvalue weighted by Crippen LogP contribution is 2.04. The lowest BCUT2D eigenvalue weighted by Gasteiger charge is -2.20. The zero-order chi connectivity index (χ0) is 19.4. The second-order valence-electron chi connectivity index (χ2n) is 6.37. The summed E-state index contributed by atoms with van der Waals surface area (Å²) in [5.74, 6) is -0.0261. The fraction of sp³-hybridized carbons (Fsp3) is 0.526. The molecule has 1 rings (SSSR count). The summed E-state index contributed by atoms with van der Waals surface area (Å²) < 4.78 is 4.88. The molecule has 3 amide bonds. The third-order valence-electron chi connectivity index (χ3n) is 3.57. The monoisotopic (exact) mass is 363 g/mol. The summed E-state index contributed by atoms with van der Waals surface area (Å²) in [6.45, 7) is 6.69. The van der Waals surface area contributed by atoms with Crippen LogP contribution in [0.3, 0.4) is 0 Å². The van der Waals surface area contributed by atoms with Gasteiger partial charge in [0.1, 0.15) is 0 Å². The number of ether oxygens (including phenoxy) is 1. The van der Waals surface area contributed by atoms with Gasteiger partial charge in [0.25, 0.3) is 5.91 Å². The van der Waals surface area contributed by atoms with Crippen LogP contribution in [-0.2, 0) is 9.53 Å². The molecule has 0 saturated heterocycles. The summed E-state index contributed by atoms with van der Waals surface area (Å²) in [4.78, 5) is 35.4. The van der Waals surface area contributed by atoms with Crippen molar-refractivity contribution in [2.24, 2.45) is 5.92 Å². The molecule has 0 aromatic heterocycles. The van der Waals surface area contributed by atoms with E-state index >= 15 is 0 Å². The highest BCUT2D eigenvalue weighted by atomic mass is 16.5. The van der Waals surface area contributed by atoms with Gasteiger partial charge in [-0.2, -0.15) is 0 Å². The Hall–Kier alpha value is -2.57. The Morgan fingerprint density at radius 2 is 1.77 bits per heavy atom. The number of hydrogen-bond donors (Lipinski definition) is 3. The number of rotatable bonds is 10. The second kappa shape index (κ2) is 11.9. The molecule has 0 aliphatic rings. The quantitative estimate of drug-likeness (QED) is 0.593. The van der Waals surface area contributed by atoms with E-state index in [9.17, 15) is 14.4 Å². The van der Waals surface area contributed by atoms with Gasteiger partial charge in [-0.25, -0.2) is 4.79 Å². The van der Waals surface area contributed by atoms with Gasteiger partial charge in [-0.05, 0) is 31.4 Å². The molecule has 0 spiro atoms. The molecule has 7 heteroatoms. The minimum atomic E-state index is -0.484. The first-order valence-electron chi connectivity index (χ1n) is 8.95. The Kier molecular flexibility index (Phi) is 9.82. The number of benzene rings is 1. The van der Waals surface area contributed by atoms with Crippen molar-refractivity contribution in [2.75, 3.05) is 19.7 Å². The van der Waals surface area contributed by atoms with E-state index in [1.54, 1.807) is 31.2 Å². The predicted molar refractivity (Wildman–Crippen MR) is 99.8 cm³/mol. The second-order valence-corrected chi connectivity index (χ2v) is 6.37. The minimum Gasteiger partial charge on any atom is -0.450 e. The molecule has 1 aromatic carbocycles. The van der Waals surface area contributed by atoms with Crippen molar-refractivity contribution in [1.82, 2.24) is 16.0 Å². The number of nitrogens with one attached hydrogen (secondary N) is 3. The number of carbonyl (C=O) groups is 3. The van der Waals surface area contributed by atoms with Crippen LogP contribution in [0.4, 0.5) is 4.79 Å². The fourth-order valence-corrected chi connectivity index (χ4v) is 2.41. The lowest BCUT2D eigenvalue weighted by atomic mass is 10.0. The molecule has 0 unspecified atom stereocenters. The van der Waals surface area contributed by atoms with Crippen LogP contribution in [0.25, 0.3) is 0 Å². The van der Waals surface area contributed by atoms with Gasteiger partial charge in [-0.15, -0.1) is 0 Å². The molecule has 0 saturated carbocycles. The molecule has 1 atom stereocenters. The normalized spacial score (nSPS) is 11.5. The maximum absolute atomic E-state index is 12.0. The molecule has 144 valence electrons. The van der Waals surface area contributed by atoms with Gasteiger partial charge in [-0.3, -0.25) is 9.59 Å². The molecule has 0 radical (unpaired) electrons. The van der Waals surface area contributed by atoms with E-state index in [2.05, 4.69) is 16.0 Å². The van der Waals surface area contributed by atoms with Crippen molar-refractivity contribution >= 4 is 17.9 Å². The third-order valence-corrected chi connectivity index (χ3v) is 3.57. The van der Waals surface area contributed by atoms with E-state index in [1.807, 2.05) is 19.9 Å². The van der Waals surface area contributed by atoms with Crippen molar-refractivity contribution < 1.29 is 19.1 Å². The van der Waals surface area contributed by atoms with Crippen molar-refractivity contribution in [2.45, 2.75) is 39.7 Å². The van der Waals surface area contributed by atoms with Gasteiger partial charge in [0.15, 0.2) is 0 Å². The molecular weight excluding hydrogens is 334 g/mol.